The number of piperidine rings is 1. The number of anilines is 1. The van der Waals surface area contributed by atoms with Crippen LogP contribution in [-0.2, 0) is 9.53 Å². The molecule has 1 saturated heterocycles. The lowest BCUT2D eigenvalue weighted by atomic mass is 9.91. The minimum atomic E-state index is -0.675. The molecule has 0 aromatic heterocycles. The lowest BCUT2D eigenvalue weighted by molar-refractivity contribution is -0.118. The molecule has 1 fully saturated rings. The smallest absolute Gasteiger partial charge is 0.338 e. The maximum atomic E-state index is 12.6. The van der Waals surface area contributed by atoms with Gasteiger partial charge in [0.15, 0.2) is 0 Å². The van der Waals surface area contributed by atoms with Crippen LogP contribution in [0.15, 0.2) is 54.6 Å². The number of hydrogen-bond acceptors (Lipinski definition) is 5. The van der Waals surface area contributed by atoms with Gasteiger partial charge in [-0.1, -0.05) is 36.4 Å². The zero-order valence-electron chi connectivity index (χ0n) is 16.2. The van der Waals surface area contributed by atoms with Crippen LogP contribution in [0.4, 0.5) is 5.69 Å². The number of benzene rings is 2. The molecule has 2 aromatic carbocycles. The molecule has 1 aliphatic rings. The highest BCUT2D eigenvalue weighted by Crippen LogP contribution is 2.27. The molecule has 0 atom stereocenters. The van der Waals surface area contributed by atoms with Gasteiger partial charge in [0.25, 0.3) is 0 Å². The van der Waals surface area contributed by atoms with Gasteiger partial charge in [-0.3, -0.25) is 9.69 Å². The summed E-state index contributed by atoms with van der Waals surface area (Å²) in [6, 6.07) is 16.8. The van der Waals surface area contributed by atoms with E-state index in [1.807, 2.05) is 55.5 Å². The van der Waals surface area contributed by atoms with Crippen molar-refractivity contribution in [1.29, 1.82) is 0 Å². The number of hydrogen-bond donors (Lipinski definition) is 2. The number of carbonyl (C=O) groups excluding carboxylic acids is 2. The van der Waals surface area contributed by atoms with Crippen molar-refractivity contribution in [3.05, 3.63) is 65.7 Å². The Morgan fingerprint density at radius 1 is 1.07 bits per heavy atom. The highest BCUT2D eigenvalue weighted by atomic mass is 16.6. The van der Waals surface area contributed by atoms with Crippen molar-refractivity contribution in [1.82, 2.24) is 4.90 Å². The standard InChI is InChI=1S/C22H27N3O3/c1-17-7-5-6-10-19(17)21(27)28-22(16-23)11-13-25(14-12-22)15-20(26)24-18-8-3-2-4-9-18/h2-10H,11-16,23H2,1H3,(H,24,26). The number of esters is 1. The Hall–Kier alpha value is -2.70. The average molecular weight is 381 g/mol. The van der Waals surface area contributed by atoms with Crippen LogP contribution in [0, 0.1) is 6.92 Å². The van der Waals surface area contributed by atoms with Gasteiger partial charge in [-0.15, -0.1) is 0 Å². The number of nitrogens with one attached hydrogen (secondary N) is 1. The second-order valence-corrected chi connectivity index (χ2v) is 7.28. The van der Waals surface area contributed by atoms with E-state index in [0.717, 1.165) is 11.3 Å². The van der Waals surface area contributed by atoms with Crippen molar-refractivity contribution in [2.75, 3.05) is 31.5 Å². The van der Waals surface area contributed by atoms with E-state index in [1.165, 1.54) is 0 Å². The molecule has 0 spiro atoms. The van der Waals surface area contributed by atoms with Crippen molar-refractivity contribution in [2.45, 2.75) is 25.4 Å². The summed E-state index contributed by atoms with van der Waals surface area (Å²) < 4.78 is 5.85. The molecule has 1 heterocycles. The van der Waals surface area contributed by atoms with E-state index in [-0.39, 0.29) is 18.4 Å². The van der Waals surface area contributed by atoms with Crippen LogP contribution in [0.2, 0.25) is 0 Å². The number of aryl methyl sites for hydroxylation is 1. The zero-order valence-corrected chi connectivity index (χ0v) is 16.2. The first-order valence-electron chi connectivity index (χ1n) is 9.58. The Balaban J connectivity index is 1.54. The van der Waals surface area contributed by atoms with Gasteiger partial charge >= 0.3 is 5.97 Å². The topological polar surface area (TPSA) is 84.7 Å². The van der Waals surface area contributed by atoms with Gasteiger partial charge in [0.05, 0.1) is 12.1 Å². The summed E-state index contributed by atoms with van der Waals surface area (Å²) in [6.45, 7) is 3.77. The van der Waals surface area contributed by atoms with Crippen LogP contribution in [0.25, 0.3) is 0 Å². The van der Waals surface area contributed by atoms with Crippen molar-refractivity contribution < 1.29 is 14.3 Å². The van der Waals surface area contributed by atoms with E-state index >= 15 is 0 Å². The maximum Gasteiger partial charge on any atom is 0.338 e. The summed E-state index contributed by atoms with van der Waals surface area (Å²) >= 11 is 0. The molecule has 3 N–H and O–H groups in total. The normalized spacial score (nSPS) is 16.4. The quantitative estimate of drug-likeness (QED) is 0.752. The maximum absolute atomic E-state index is 12.6. The van der Waals surface area contributed by atoms with Crippen LogP contribution < -0.4 is 11.1 Å². The minimum Gasteiger partial charge on any atom is -0.454 e. The molecule has 6 nitrogen and oxygen atoms in total. The number of rotatable bonds is 6. The third-order valence-corrected chi connectivity index (χ3v) is 5.24. The summed E-state index contributed by atoms with van der Waals surface area (Å²) in [6.07, 6.45) is 1.22. The number of likely N-dealkylation sites (tertiary alicyclic amines) is 1. The lowest BCUT2D eigenvalue weighted by Gasteiger charge is -2.40. The zero-order chi connectivity index (χ0) is 20.0. The van der Waals surface area contributed by atoms with Gasteiger partial charge in [-0.05, 0) is 30.7 Å². The fraction of sp³-hybridized carbons (Fsp3) is 0.364. The van der Waals surface area contributed by atoms with Crippen LogP contribution in [-0.4, -0.2) is 48.6 Å². The van der Waals surface area contributed by atoms with Crippen molar-refractivity contribution in [2.24, 2.45) is 5.73 Å². The number of ether oxygens (including phenoxy) is 1. The molecular formula is C22H27N3O3. The molecule has 0 radical (unpaired) electrons. The summed E-state index contributed by atoms with van der Waals surface area (Å²) in [5.41, 5.74) is 7.54. The number of carbonyl (C=O) groups is 2. The second-order valence-electron chi connectivity index (χ2n) is 7.28. The van der Waals surface area contributed by atoms with Crippen molar-refractivity contribution in [3.63, 3.8) is 0 Å². The number of amides is 1. The summed E-state index contributed by atoms with van der Waals surface area (Å²) in [5.74, 6) is -0.387. The lowest BCUT2D eigenvalue weighted by Crippen LogP contribution is -2.52. The van der Waals surface area contributed by atoms with Gasteiger partial charge in [0, 0.05) is 38.2 Å². The molecule has 0 aliphatic carbocycles. The Morgan fingerprint density at radius 2 is 1.71 bits per heavy atom. The Kier molecular flexibility index (Phi) is 6.44. The van der Waals surface area contributed by atoms with Gasteiger partial charge in [-0.25, -0.2) is 4.79 Å². The first kappa shape index (κ1) is 20.0. The second kappa shape index (κ2) is 8.99. The molecule has 148 valence electrons. The predicted molar refractivity (Wildman–Crippen MR) is 109 cm³/mol. The fourth-order valence-corrected chi connectivity index (χ4v) is 3.45. The molecule has 3 rings (SSSR count). The van der Waals surface area contributed by atoms with Crippen LogP contribution in [0.3, 0.4) is 0 Å². The molecular weight excluding hydrogens is 354 g/mol. The van der Waals surface area contributed by atoms with E-state index in [2.05, 4.69) is 10.2 Å². The Bertz CT molecular complexity index is 815. The van der Waals surface area contributed by atoms with Crippen LogP contribution in [0.1, 0.15) is 28.8 Å². The molecule has 2 aromatic rings. The van der Waals surface area contributed by atoms with Gasteiger partial charge in [-0.2, -0.15) is 0 Å². The third kappa shape index (κ3) is 4.97. The van der Waals surface area contributed by atoms with Crippen molar-refractivity contribution in [3.8, 4) is 0 Å². The first-order valence-corrected chi connectivity index (χ1v) is 9.58. The van der Waals surface area contributed by atoms with Gasteiger partial charge in [0.2, 0.25) is 5.91 Å². The Labute approximate surface area is 165 Å². The molecule has 0 unspecified atom stereocenters. The summed E-state index contributed by atoms with van der Waals surface area (Å²) in [4.78, 5) is 26.9. The van der Waals surface area contributed by atoms with E-state index in [0.29, 0.717) is 38.0 Å². The van der Waals surface area contributed by atoms with Gasteiger partial charge < -0.3 is 15.8 Å². The van der Waals surface area contributed by atoms with E-state index in [1.54, 1.807) is 6.07 Å². The third-order valence-electron chi connectivity index (χ3n) is 5.24. The number of nitrogens with two attached hydrogens (primary N) is 1. The molecule has 1 aliphatic heterocycles. The van der Waals surface area contributed by atoms with E-state index < -0.39 is 5.60 Å². The van der Waals surface area contributed by atoms with Crippen molar-refractivity contribution >= 4 is 17.6 Å². The largest absolute Gasteiger partial charge is 0.454 e. The molecule has 0 saturated carbocycles. The average Bonchev–Trinajstić information content (AvgIpc) is 2.70. The minimum absolute atomic E-state index is 0.0525. The summed E-state index contributed by atoms with van der Waals surface area (Å²) in [7, 11) is 0. The molecule has 1 amide bonds. The highest BCUT2D eigenvalue weighted by Gasteiger charge is 2.37. The molecule has 6 heteroatoms. The van der Waals surface area contributed by atoms with Crippen LogP contribution in [0.5, 0.6) is 0 Å². The monoisotopic (exact) mass is 381 g/mol. The Morgan fingerprint density at radius 3 is 2.36 bits per heavy atom. The van der Waals surface area contributed by atoms with E-state index in [9.17, 15) is 9.59 Å². The predicted octanol–water partition coefficient (Wildman–Crippen LogP) is 2.58. The highest BCUT2D eigenvalue weighted by molar-refractivity contribution is 5.92. The molecule has 0 bridgehead atoms. The summed E-state index contributed by atoms with van der Waals surface area (Å²) in [5, 5.41) is 2.89. The number of para-hydroxylation sites is 1. The molecule has 28 heavy (non-hydrogen) atoms. The van der Waals surface area contributed by atoms with E-state index in [4.69, 9.17) is 10.5 Å². The SMILES string of the molecule is Cc1ccccc1C(=O)OC1(CN)CCN(CC(=O)Nc2ccccc2)CC1. The number of nitrogens with zero attached hydrogens (tertiary/aromatic N) is 1. The van der Waals surface area contributed by atoms with Crippen LogP contribution >= 0.6 is 0 Å². The first-order chi connectivity index (χ1) is 13.5. The fourth-order valence-electron chi connectivity index (χ4n) is 3.45. The van der Waals surface area contributed by atoms with Gasteiger partial charge in [0.1, 0.15) is 5.60 Å².